The maximum Gasteiger partial charge on any atom is 0.408 e. The second-order valence-corrected chi connectivity index (χ2v) is 7.71. The predicted molar refractivity (Wildman–Crippen MR) is 78.2 cm³/mol. The molecule has 0 aromatic rings. The van der Waals surface area contributed by atoms with Crippen LogP contribution < -0.4 is 5.32 Å². The summed E-state index contributed by atoms with van der Waals surface area (Å²) in [6, 6.07) is 0. The van der Waals surface area contributed by atoms with Gasteiger partial charge < -0.3 is 10.1 Å². The van der Waals surface area contributed by atoms with Crippen molar-refractivity contribution in [2.75, 3.05) is 5.88 Å². The van der Waals surface area contributed by atoms with Crippen molar-refractivity contribution in [2.45, 2.75) is 57.6 Å². The molecule has 0 radical (unpaired) electrons. The quantitative estimate of drug-likeness (QED) is 0.800. The molecule has 2 fully saturated rings. The van der Waals surface area contributed by atoms with Crippen LogP contribution in [0.25, 0.3) is 0 Å². The van der Waals surface area contributed by atoms with Gasteiger partial charge in [0, 0.05) is 11.8 Å². The number of rotatable bonds is 4. The largest absolute Gasteiger partial charge is 0.444 e. The average molecular weight is 338 g/mol. The molecule has 126 valence electrons. The number of Topliss-reactive ketones (excluding diaryl/α,β-unsaturated/α-hetero) is 1. The van der Waals surface area contributed by atoms with Gasteiger partial charge in [0.1, 0.15) is 11.1 Å². The van der Waals surface area contributed by atoms with Crippen LogP contribution in [0.5, 0.6) is 0 Å². The number of alkyl halides is 3. The number of carbonyl (C=O) groups is 2. The minimum absolute atomic E-state index is 0.215. The third-order valence-electron chi connectivity index (χ3n) is 4.72. The fraction of sp³-hybridized carbons (Fsp3) is 0.867. The second kappa shape index (κ2) is 5.32. The normalized spacial score (nSPS) is 31.9. The van der Waals surface area contributed by atoms with Gasteiger partial charge in [-0.15, -0.1) is 11.6 Å². The molecule has 22 heavy (non-hydrogen) atoms. The highest BCUT2D eigenvalue weighted by Gasteiger charge is 2.73. The SMILES string of the molecule is CC(C)(C)OC(=O)N[C@@](C)(C(=O)CCl)[C@@H]1C[C@@H]2[C@H](C1)C2(F)F. The summed E-state index contributed by atoms with van der Waals surface area (Å²) in [5.41, 5.74) is -1.98. The average Bonchev–Trinajstić information content (AvgIpc) is 2.78. The molecular weight excluding hydrogens is 316 g/mol. The second-order valence-electron chi connectivity index (χ2n) is 7.44. The van der Waals surface area contributed by atoms with E-state index in [1.165, 1.54) is 0 Å². The number of fused-ring (bicyclic) bond motifs is 1. The zero-order chi connectivity index (χ0) is 16.9. The third-order valence-corrected chi connectivity index (χ3v) is 4.96. The van der Waals surface area contributed by atoms with E-state index in [1.54, 1.807) is 27.7 Å². The first-order chi connectivity index (χ1) is 9.91. The van der Waals surface area contributed by atoms with E-state index in [2.05, 4.69) is 5.32 Å². The van der Waals surface area contributed by atoms with E-state index in [0.29, 0.717) is 0 Å². The molecule has 2 saturated carbocycles. The van der Waals surface area contributed by atoms with Gasteiger partial charge in [-0.05, 0) is 46.5 Å². The van der Waals surface area contributed by atoms with Crippen LogP contribution >= 0.6 is 11.6 Å². The van der Waals surface area contributed by atoms with Gasteiger partial charge in [-0.2, -0.15) is 0 Å². The molecule has 0 aromatic carbocycles. The van der Waals surface area contributed by atoms with Crippen molar-refractivity contribution >= 4 is 23.5 Å². The molecular formula is C15H22ClF2NO3. The van der Waals surface area contributed by atoms with Crippen molar-refractivity contribution in [1.29, 1.82) is 0 Å². The first-order valence-corrected chi connectivity index (χ1v) is 7.93. The highest BCUT2D eigenvalue weighted by molar-refractivity contribution is 6.29. The van der Waals surface area contributed by atoms with Crippen molar-refractivity contribution in [2.24, 2.45) is 17.8 Å². The monoisotopic (exact) mass is 337 g/mol. The van der Waals surface area contributed by atoms with Crippen LogP contribution in [0.2, 0.25) is 0 Å². The lowest BCUT2D eigenvalue weighted by Gasteiger charge is -2.36. The van der Waals surface area contributed by atoms with Crippen LogP contribution in [0.4, 0.5) is 13.6 Å². The minimum Gasteiger partial charge on any atom is -0.444 e. The molecule has 2 aliphatic rings. The van der Waals surface area contributed by atoms with Crippen LogP contribution in [-0.4, -0.2) is 34.8 Å². The molecule has 1 N–H and O–H groups in total. The smallest absolute Gasteiger partial charge is 0.408 e. The first kappa shape index (κ1) is 17.4. The molecule has 0 bridgehead atoms. The molecule has 2 rings (SSSR count). The number of halogens is 3. The van der Waals surface area contributed by atoms with Crippen molar-refractivity contribution in [3.8, 4) is 0 Å². The zero-order valence-electron chi connectivity index (χ0n) is 13.2. The fourth-order valence-corrected chi connectivity index (χ4v) is 3.62. The fourth-order valence-electron chi connectivity index (χ4n) is 3.34. The standard InChI is InChI=1S/C15H22ClF2NO3/c1-13(2,3)22-12(21)19-14(4,11(20)7-16)8-5-9-10(6-8)15(9,17)18/h8-10H,5-7H2,1-4H3,(H,19,21)/t8-,9-,10+,14-/m1/s1. The highest BCUT2D eigenvalue weighted by Crippen LogP contribution is 2.67. The Balaban J connectivity index is 2.09. The molecule has 0 aliphatic heterocycles. The number of amides is 1. The summed E-state index contributed by atoms with van der Waals surface area (Å²) in [6.45, 7) is 6.67. The lowest BCUT2D eigenvalue weighted by molar-refractivity contribution is -0.125. The Morgan fingerprint density at radius 2 is 1.73 bits per heavy atom. The Hall–Kier alpha value is -0.910. The molecule has 0 saturated heterocycles. The third kappa shape index (κ3) is 3.07. The van der Waals surface area contributed by atoms with Crippen molar-refractivity contribution in [1.82, 2.24) is 5.32 Å². The topological polar surface area (TPSA) is 55.4 Å². The Bertz CT molecular complexity index is 478. The summed E-state index contributed by atoms with van der Waals surface area (Å²) in [7, 11) is 0. The van der Waals surface area contributed by atoms with Gasteiger partial charge in [-0.25, -0.2) is 13.6 Å². The molecule has 2 aliphatic carbocycles. The van der Waals surface area contributed by atoms with Crippen LogP contribution in [0.1, 0.15) is 40.5 Å². The van der Waals surface area contributed by atoms with E-state index < -0.39 is 35.0 Å². The van der Waals surface area contributed by atoms with Gasteiger partial charge in [-0.1, -0.05) is 0 Å². The maximum atomic E-state index is 13.3. The molecule has 0 spiro atoms. The molecule has 4 atom stereocenters. The van der Waals surface area contributed by atoms with Crippen LogP contribution in [0.15, 0.2) is 0 Å². The van der Waals surface area contributed by atoms with E-state index in [-0.39, 0.29) is 30.4 Å². The Morgan fingerprint density at radius 1 is 1.23 bits per heavy atom. The number of ketones is 1. The number of alkyl carbamates (subject to hydrolysis) is 1. The van der Waals surface area contributed by atoms with Crippen LogP contribution in [-0.2, 0) is 9.53 Å². The van der Waals surface area contributed by atoms with Gasteiger partial charge in [-0.3, -0.25) is 4.79 Å². The summed E-state index contributed by atoms with van der Waals surface area (Å²) in [4.78, 5) is 24.2. The zero-order valence-corrected chi connectivity index (χ0v) is 14.0. The Morgan fingerprint density at radius 3 is 2.14 bits per heavy atom. The summed E-state index contributed by atoms with van der Waals surface area (Å²) in [6.07, 6.45) is -0.306. The van der Waals surface area contributed by atoms with Gasteiger partial charge in [0.2, 0.25) is 0 Å². The molecule has 0 unspecified atom stereocenters. The number of nitrogens with one attached hydrogen (secondary N) is 1. The number of ether oxygens (including phenoxy) is 1. The summed E-state index contributed by atoms with van der Waals surface area (Å²) in [5, 5.41) is 2.57. The van der Waals surface area contributed by atoms with E-state index in [0.717, 1.165) is 0 Å². The number of hydrogen-bond acceptors (Lipinski definition) is 3. The van der Waals surface area contributed by atoms with Gasteiger partial charge >= 0.3 is 6.09 Å². The van der Waals surface area contributed by atoms with Crippen molar-refractivity contribution in [3.05, 3.63) is 0 Å². The Labute approximate surface area is 133 Å². The highest BCUT2D eigenvalue weighted by atomic mass is 35.5. The minimum atomic E-state index is -2.62. The molecule has 4 nitrogen and oxygen atoms in total. The van der Waals surface area contributed by atoms with Crippen molar-refractivity contribution < 1.29 is 23.1 Å². The van der Waals surface area contributed by atoms with E-state index >= 15 is 0 Å². The van der Waals surface area contributed by atoms with Gasteiger partial charge in [0.25, 0.3) is 5.92 Å². The first-order valence-electron chi connectivity index (χ1n) is 7.40. The summed E-state index contributed by atoms with van der Waals surface area (Å²) >= 11 is 5.65. The Kier molecular flexibility index (Phi) is 4.22. The lowest BCUT2D eigenvalue weighted by atomic mass is 9.79. The molecule has 1 amide bonds. The van der Waals surface area contributed by atoms with Gasteiger partial charge in [0.15, 0.2) is 5.78 Å². The molecule has 0 heterocycles. The van der Waals surface area contributed by atoms with Crippen molar-refractivity contribution in [3.63, 3.8) is 0 Å². The number of hydrogen-bond donors (Lipinski definition) is 1. The lowest BCUT2D eigenvalue weighted by Crippen LogP contribution is -2.58. The van der Waals surface area contributed by atoms with Crippen LogP contribution in [0.3, 0.4) is 0 Å². The van der Waals surface area contributed by atoms with Gasteiger partial charge in [0.05, 0.1) is 5.88 Å². The molecule has 7 heteroatoms. The maximum absolute atomic E-state index is 13.3. The summed E-state index contributed by atoms with van der Waals surface area (Å²) in [5.74, 6) is -4.99. The van der Waals surface area contributed by atoms with E-state index in [1.807, 2.05) is 0 Å². The van der Waals surface area contributed by atoms with E-state index in [4.69, 9.17) is 16.3 Å². The predicted octanol–water partition coefficient (Wildman–Crippen LogP) is 3.37. The number of carbonyl (C=O) groups excluding carboxylic acids is 2. The molecule has 0 aromatic heterocycles. The van der Waals surface area contributed by atoms with Crippen LogP contribution in [0, 0.1) is 17.8 Å². The van der Waals surface area contributed by atoms with E-state index in [9.17, 15) is 18.4 Å². The summed E-state index contributed by atoms with van der Waals surface area (Å²) < 4.78 is 31.9.